The summed E-state index contributed by atoms with van der Waals surface area (Å²) in [6.07, 6.45) is 4.81. The fourth-order valence-corrected chi connectivity index (χ4v) is 3.87. The number of benzene rings is 2. The van der Waals surface area contributed by atoms with Crippen LogP contribution in [0.25, 0.3) is 0 Å². The molecule has 0 bridgehead atoms. The van der Waals surface area contributed by atoms with Gasteiger partial charge in [-0.1, -0.05) is 30.9 Å². The fourth-order valence-electron chi connectivity index (χ4n) is 3.87. The van der Waals surface area contributed by atoms with Crippen molar-refractivity contribution >= 4 is 17.6 Å². The summed E-state index contributed by atoms with van der Waals surface area (Å²) in [6, 6.07) is 14.8. The van der Waals surface area contributed by atoms with Crippen molar-refractivity contribution in [2.75, 3.05) is 5.32 Å². The third-order valence-corrected chi connectivity index (χ3v) is 5.88. The molecule has 1 aliphatic carbocycles. The van der Waals surface area contributed by atoms with Gasteiger partial charge in [-0.3, -0.25) is 9.78 Å². The van der Waals surface area contributed by atoms with Crippen LogP contribution < -0.4 is 16.0 Å². The number of carbonyl (C=O) groups is 2. The standard InChI is InChI=1S/C28H27FN4O2/c1-3-27(34)31-18(2)24-13-12-23(15-20(24)9-6-19-7-10-22(29)11-8-19)32-28(35)33-26-16-25(26)21-5-4-14-30-17-21/h4-5,7-8,10-15,17-18,25-26H,3,16H2,1-2H3,(H,31,34)(H2,32,33,35). The molecule has 0 aliphatic heterocycles. The maximum atomic E-state index is 13.2. The lowest BCUT2D eigenvalue weighted by molar-refractivity contribution is -0.121. The van der Waals surface area contributed by atoms with E-state index in [1.54, 1.807) is 37.4 Å². The van der Waals surface area contributed by atoms with E-state index in [0.717, 1.165) is 17.5 Å². The first-order valence-corrected chi connectivity index (χ1v) is 11.6. The summed E-state index contributed by atoms with van der Waals surface area (Å²) >= 11 is 0. The molecule has 3 atom stereocenters. The first kappa shape index (κ1) is 24.0. The SMILES string of the molecule is CCC(=O)NC(C)c1ccc(NC(=O)NC2CC2c2cccnc2)cc1C#Cc1ccc(F)cc1. The van der Waals surface area contributed by atoms with Crippen molar-refractivity contribution < 1.29 is 14.0 Å². The van der Waals surface area contributed by atoms with Gasteiger partial charge in [-0.2, -0.15) is 0 Å². The summed E-state index contributed by atoms with van der Waals surface area (Å²) in [5.74, 6) is 6.03. The van der Waals surface area contributed by atoms with Gasteiger partial charge in [0.05, 0.1) is 6.04 Å². The second kappa shape index (κ2) is 10.8. The highest BCUT2D eigenvalue weighted by Gasteiger charge is 2.39. The predicted molar refractivity (Wildman–Crippen MR) is 133 cm³/mol. The van der Waals surface area contributed by atoms with Crippen LogP contribution >= 0.6 is 0 Å². The quantitative estimate of drug-likeness (QED) is 0.449. The van der Waals surface area contributed by atoms with E-state index in [9.17, 15) is 14.0 Å². The Labute approximate surface area is 204 Å². The average molecular weight is 471 g/mol. The Kier molecular flexibility index (Phi) is 7.41. The molecule has 7 heteroatoms. The van der Waals surface area contributed by atoms with Gasteiger partial charge in [0.1, 0.15) is 5.82 Å². The number of hydrogen-bond acceptors (Lipinski definition) is 3. The number of amides is 3. The van der Waals surface area contributed by atoms with Crippen LogP contribution in [-0.4, -0.2) is 23.0 Å². The highest BCUT2D eigenvalue weighted by atomic mass is 19.1. The maximum absolute atomic E-state index is 13.2. The molecule has 1 heterocycles. The molecule has 4 rings (SSSR count). The number of nitrogens with zero attached hydrogens (tertiary/aromatic N) is 1. The van der Waals surface area contributed by atoms with Crippen molar-refractivity contribution in [3.8, 4) is 11.8 Å². The van der Waals surface area contributed by atoms with Crippen LogP contribution in [0.5, 0.6) is 0 Å². The second-order valence-corrected chi connectivity index (χ2v) is 8.54. The predicted octanol–water partition coefficient (Wildman–Crippen LogP) is 4.89. The first-order chi connectivity index (χ1) is 16.9. The molecule has 0 spiro atoms. The minimum atomic E-state index is -0.328. The fraction of sp³-hybridized carbons (Fsp3) is 0.250. The van der Waals surface area contributed by atoms with Gasteiger partial charge in [0.25, 0.3) is 0 Å². The summed E-state index contributed by atoms with van der Waals surface area (Å²) in [5, 5.41) is 8.82. The molecule has 6 nitrogen and oxygen atoms in total. The number of aromatic nitrogens is 1. The third kappa shape index (κ3) is 6.45. The van der Waals surface area contributed by atoms with Gasteiger partial charge in [0.2, 0.25) is 5.91 Å². The van der Waals surface area contributed by atoms with Crippen LogP contribution in [-0.2, 0) is 4.79 Å². The number of hydrogen-bond donors (Lipinski definition) is 3. The van der Waals surface area contributed by atoms with Gasteiger partial charge in [-0.05, 0) is 66.9 Å². The van der Waals surface area contributed by atoms with Crippen LogP contribution in [0.15, 0.2) is 67.0 Å². The van der Waals surface area contributed by atoms with Gasteiger partial charge in [0.15, 0.2) is 0 Å². The maximum Gasteiger partial charge on any atom is 0.319 e. The Hall–Kier alpha value is -4.18. The lowest BCUT2D eigenvalue weighted by Gasteiger charge is -2.17. The van der Waals surface area contributed by atoms with E-state index in [4.69, 9.17) is 0 Å². The third-order valence-electron chi connectivity index (χ3n) is 5.88. The molecular formula is C28H27FN4O2. The number of rotatable bonds is 6. The number of halogens is 1. The molecule has 1 aliphatic rings. The monoisotopic (exact) mass is 470 g/mol. The number of carbonyl (C=O) groups excluding carboxylic acids is 2. The lowest BCUT2D eigenvalue weighted by Crippen LogP contribution is -2.31. The molecule has 0 saturated heterocycles. The van der Waals surface area contributed by atoms with Crippen molar-refractivity contribution in [3.05, 3.63) is 95.1 Å². The largest absolute Gasteiger partial charge is 0.350 e. The minimum Gasteiger partial charge on any atom is -0.350 e. The van der Waals surface area contributed by atoms with E-state index in [2.05, 4.69) is 32.8 Å². The zero-order valence-corrected chi connectivity index (χ0v) is 19.6. The van der Waals surface area contributed by atoms with E-state index in [1.165, 1.54) is 12.1 Å². The Morgan fingerprint density at radius 3 is 2.66 bits per heavy atom. The van der Waals surface area contributed by atoms with Crippen molar-refractivity contribution in [2.45, 2.75) is 44.7 Å². The number of nitrogens with one attached hydrogen (secondary N) is 3. The van der Waals surface area contributed by atoms with E-state index >= 15 is 0 Å². The molecule has 2 aromatic carbocycles. The van der Waals surface area contributed by atoms with Crippen LogP contribution in [0.1, 0.15) is 60.9 Å². The molecule has 35 heavy (non-hydrogen) atoms. The van der Waals surface area contributed by atoms with Crippen molar-refractivity contribution in [1.29, 1.82) is 0 Å². The van der Waals surface area contributed by atoms with E-state index < -0.39 is 0 Å². The van der Waals surface area contributed by atoms with Crippen molar-refractivity contribution in [2.24, 2.45) is 0 Å². The molecule has 178 valence electrons. The minimum absolute atomic E-state index is 0.0656. The molecular weight excluding hydrogens is 443 g/mol. The lowest BCUT2D eigenvalue weighted by atomic mass is 10.00. The van der Waals surface area contributed by atoms with Crippen LogP contribution in [0.2, 0.25) is 0 Å². The molecule has 3 unspecified atom stereocenters. The number of pyridine rings is 1. The highest BCUT2D eigenvalue weighted by Crippen LogP contribution is 2.40. The van der Waals surface area contributed by atoms with Crippen LogP contribution in [0.4, 0.5) is 14.9 Å². The Bertz CT molecular complexity index is 1270. The van der Waals surface area contributed by atoms with Crippen LogP contribution in [0, 0.1) is 17.7 Å². The zero-order valence-electron chi connectivity index (χ0n) is 19.6. The van der Waals surface area contributed by atoms with Crippen LogP contribution in [0.3, 0.4) is 0 Å². The zero-order chi connectivity index (χ0) is 24.8. The van der Waals surface area contributed by atoms with Gasteiger partial charge >= 0.3 is 6.03 Å². The average Bonchev–Trinajstić information content (AvgIpc) is 3.63. The molecule has 0 radical (unpaired) electrons. The molecule has 3 N–H and O–H groups in total. The number of urea groups is 1. The Morgan fingerprint density at radius 1 is 1.14 bits per heavy atom. The van der Waals surface area contributed by atoms with Gasteiger partial charge in [-0.25, -0.2) is 9.18 Å². The molecule has 3 amide bonds. The van der Waals surface area contributed by atoms with Crippen molar-refractivity contribution in [1.82, 2.24) is 15.6 Å². The van der Waals surface area contributed by atoms with Crippen molar-refractivity contribution in [3.63, 3.8) is 0 Å². The Balaban J connectivity index is 1.49. The van der Waals surface area contributed by atoms with E-state index in [-0.39, 0.29) is 35.8 Å². The second-order valence-electron chi connectivity index (χ2n) is 8.54. The van der Waals surface area contributed by atoms with E-state index in [0.29, 0.717) is 23.2 Å². The normalized spacial score (nSPS) is 16.9. The molecule has 3 aromatic rings. The molecule has 1 fully saturated rings. The summed E-state index contributed by atoms with van der Waals surface area (Å²) in [6.45, 7) is 3.68. The molecule has 1 saturated carbocycles. The number of anilines is 1. The topological polar surface area (TPSA) is 83.1 Å². The Morgan fingerprint density at radius 2 is 1.94 bits per heavy atom. The van der Waals surface area contributed by atoms with Gasteiger partial charge in [-0.15, -0.1) is 0 Å². The first-order valence-electron chi connectivity index (χ1n) is 11.6. The summed E-state index contributed by atoms with van der Waals surface area (Å²) in [5.41, 5.74) is 3.85. The van der Waals surface area contributed by atoms with Gasteiger partial charge < -0.3 is 16.0 Å². The summed E-state index contributed by atoms with van der Waals surface area (Å²) < 4.78 is 13.2. The van der Waals surface area contributed by atoms with Gasteiger partial charge in [0, 0.05) is 47.6 Å². The smallest absolute Gasteiger partial charge is 0.319 e. The highest BCUT2D eigenvalue weighted by molar-refractivity contribution is 5.90. The summed E-state index contributed by atoms with van der Waals surface area (Å²) in [7, 11) is 0. The summed E-state index contributed by atoms with van der Waals surface area (Å²) in [4.78, 5) is 28.7. The molecule has 1 aromatic heterocycles. The van der Waals surface area contributed by atoms with E-state index in [1.807, 2.05) is 31.3 Å².